The molecule has 1 fully saturated rings. The number of guanidine groups is 1. The second-order valence-electron chi connectivity index (χ2n) is 7.38. The van der Waals surface area contributed by atoms with Gasteiger partial charge in [0.2, 0.25) is 5.91 Å². The molecule has 168 valence electrons. The third-order valence-electron chi connectivity index (χ3n) is 5.00. The zero-order valence-corrected chi connectivity index (χ0v) is 20.2. The Bertz CT molecular complexity index is 848. The Kier molecular flexibility index (Phi) is 10.2. The lowest BCUT2D eigenvalue weighted by Crippen LogP contribution is -2.52. The number of benzene rings is 2. The summed E-state index contributed by atoms with van der Waals surface area (Å²) in [7, 11) is 1.70. The molecule has 2 N–H and O–H groups in total. The van der Waals surface area contributed by atoms with E-state index in [0.29, 0.717) is 25.6 Å². The van der Waals surface area contributed by atoms with Gasteiger partial charge in [0, 0.05) is 20.1 Å². The Balaban J connectivity index is 0.00000341. The third kappa shape index (κ3) is 7.77. The molecule has 3 rings (SSSR count). The number of ether oxygens (including phenoxy) is 1. The Labute approximate surface area is 200 Å². The molecule has 1 heterocycles. The average molecular weight is 540 g/mol. The Morgan fingerprint density at radius 3 is 2.52 bits per heavy atom. The van der Waals surface area contributed by atoms with Crippen LogP contribution in [0.3, 0.4) is 0 Å². The van der Waals surface area contributed by atoms with E-state index < -0.39 is 0 Å². The van der Waals surface area contributed by atoms with Crippen LogP contribution in [0.2, 0.25) is 0 Å². The van der Waals surface area contributed by atoms with Crippen molar-refractivity contribution in [2.45, 2.75) is 25.6 Å². The van der Waals surface area contributed by atoms with E-state index in [-0.39, 0.29) is 54.5 Å². The van der Waals surface area contributed by atoms with Gasteiger partial charge in [-0.05, 0) is 36.6 Å². The molecular formula is C23H30FIN4O2. The van der Waals surface area contributed by atoms with Gasteiger partial charge < -0.3 is 20.3 Å². The van der Waals surface area contributed by atoms with Crippen molar-refractivity contribution in [1.29, 1.82) is 0 Å². The molecule has 6 nitrogen and oxygen atoms in total. The van der Waals surface area contributed by atoms with Crippen molar-refractivity contribution in [3.63, 3.8) is 0 Å². The number of halogens is 2. The predicted molar refractivity (Wildman–Crippen MR) is 131 cm³/mol. The van der Waals surface area contributed by atoms with E-state index in [2.05, 4.69) is 20.5 Å². The van der Waals surface area contributed by atoms with Gasteiger partial charge in [0.15, 0.2) is 5.96 Å². The molecule has 2 aromatic carbocycles. The molecule has 1 aliphatic heterocycles. The summed E-state index contributed by atoms with van der Waals surface area (Å²) in [6.45, 7) is 3.96. The molecule has 8 heteroatoms. The zero-order valence-electron chi connectivity index (χ0n) is 17.9. The van der Waals surface area contributed by atoms with Gasteiger partial charge in [-0.25, -0.2) is 4.39 Å². The van der Waals surface area contributed by atoms with E-state index >= 15 is 0 Å². The molecule has 31 heavy (non-hydrogen) atoms. The first kappa shape index (κ1) is 25.1. The molecule has 2 atom stereocenters. The molecular weight excluding hydrogens is 510 g/mol. The molecule has 0 radical (unpaired) electrons. The van der Waals surface area contributed by atoms with E-state index in [0.717, 1.165) is 12.0 Å². The normalized spacial score (nSPS) is 18.8. The van der Waals surface area contributed by atoms with Crippen LogP contribution in [-0.4, -0.2) is 56.1 Å². The highest BCUT2D eigenvalue weighted by Gasteiger charge is 2.28. The number of carbonyl (C=O) groups excluding carboxylic acids is 1. The number of nitrogens with one attached hydrogen (secondary N) is 2. The number of hydrogen-bond donors (Lipinski definition) is 2. The van der Waals surface area contributed by atoms with Crippen molar-refractivity contribution in [3.05, 3.63) is 71.5 Å². The van der Waals surface area contributed by atoms with Gasteiger partial charge in [0.05, 0.1) is 19.2 Å². The highest BCUT2D eigenvalue weighted by atomic mass is 127. The summed E-state index contributed by atoms with van der Waals surface area (Å²) >= 11 is 0. The summed E-state index contributed by atoms with van der Waals surface area (Å²) in [6.07, 6.45) is 0.585. The SMILES string of the molecule is CN=C(NCC(=O)NCCc1ccccc1)N1CC(C)OC(c2ccc(F)cc2)C1.I. The molecule has 1 amide bonds. The van der Waals surface area contributed by atoms with Crippen LogP contribution in [0.25, 0.3) is 0 Å². The lowest BCUT2D eigenvalue weighted by Gasteiger charge is -2.38. The standard InChI is InChI=1S/C23H29FN4O2.HI/c1-17-15-28(16-21(30-17)19-8-10-20(24)11-9-19)23(25-2)27-14-22(29)26-13-12-18-6-4-3-5-7-18;/h3-11,17,21H,12-16H2,1-2H3,(H,25,27)(H,26,29);1H. The van der Waals surface area contributed by atoms with E-state index in [9.17, 15) is 9.18 Å². The van der Waals surface area contributed by atoms with Crippen LogP contribution in [-0.2, 0) is 16.0 Å². The van der Waals surface area contributed by atoms with Gasteiger partial charge in [-0.2, -0.15) is 0 Å². The van der Waals surface area contributed by atoms with Crippen molar-refractivity contribution < 1.29 is 13.9 Å². The summed E-state index contributed by atoms with van der Waals surface area (Å²) in [5, 5.41) is 6.06. The summed E-state index contributed by atoms with van der Waals surface area (Å²) in [6, 6.07) is 16.4. The largest absolute Gasteiger partial charge is 0.367 e. The highest BCUT2D eigenvalue weighted by Crippen LogP contribution is 2.25. The second kappa shape index (κ2) is 12.6. The maximum Gasteiger partial charge on any atom is 0.239 e. The Morgan fingerprint density at radius 2 is 1.84 bits per heavy atom. The maximum absolute atomic E-state index is 13.2. The van der Waals surface area contributed by atoms with Crippen LogP contribution in [0.5, 0.6) is 0 Å². The number of carbonyl (C=O) groups is 1. The molecule has 0 saturated carbocycles. The topological polar surface area (TPSA) is 66.0 Å². The van der Waals surface area contributed by atoms with Gasteiger partial charge in [0.25, 0.3) is 0 Å². The second-order valence-corrected chi connectivity index (χ2v) is 7.38. The highest BCUT2D eigenvalue weighted by molar-refractivity contribution is 14.0. The van der Waals surface area contributed by atoms with Crippen LogP contribution in [0.4, 0.5) is 4.39 Å². The van der Waals surface area contributed by atoms with Crippen molar-refractivity contribution >= 4 is 35.8 Å². The van der Waals surface area contributed by atoms with Gasteiger partial charge >= 0.3 is 0 Å². The molecule has 1 saturated heterocycles. The summed E-state index contributed by atoms with van der Waals surface area (Å²) in [5.74, 6) is 0.300. The van der Waals surface area contributed by atoms with Crippen LogP contribution in [0, 0.1) is 5.82 Å². The van der Waals surface area contributed by atoms with Crippen LogP contribution < -0.4 is 10.6 Å². The smallest absolute Gasteiger partial charge is 0.239 e. The fraction of sp³-hybridized carbons (Fsp3) is 0.391. The number of rotatable bonds is 6. The minimum atomic E-state index is -0.268. The van der Waals surface area contributed by atoms with E-state index in [1.165, 1.54) is 17.7 Å². The molecule has 2 aromatic rings. The Morgan fingerprint density at radius 1 is 1.13 bits per heavy atom. The fourth-order valence-corrected chi connectivity index (χ4v) is 3.53. The minimum Gasteiger partial charge on any atom is -0.367 e. The number of morpholine rings is 1. The first-order valence-electron chi connectivity index (χ1n) is 10.2. The molecule has 0 aromatic heterocycles. The van der Waals surface area contributed by atoms with Crippen molar-refractivity contribution in [3.8, 4) is 0 Å². The van der Waals surface area contributed by atoms with Gasteiger partial charge in [-0.1, -0.05) is 42.5 Å². The monoisotopic (exact) mass is 540 g/mol. The Hall–Kier alpha value is -2.20. The lowest BCUT2D eigenvalue weighted by atomic mass is 10.1. The van der Waals surface area contributed by atoms with Gasteiger partial charge in [0.1, 0.15) is 11.9 Å². The van der Waals surface area contributed by atoms with E-state index in [1.807, 2.05) is 37.3 Å². The van der Waals surface area contributed by atoms with Crippen LogP contribution in [0.15, 0.2) is 59.6 Å². The van der Waals surface area contributed by atoms with Gasteiger partial charge in [-0.3, -0.25) is 9.79 Å². The maximum atomic E-state index is 13.2. The molecule has 1 aliphatic rings. The quantitative estimate of drug-likeness (QED) is 0.336. The summed E-state index contributed by atoms with van der Waals surface area (Å²) < 4.78 is 19.3. The van der Waals surface area contributed by atoms with Crippen LogP contribution >= 0.6 is 24.0 Å². The molecule has 0 aliphatic carbocycles. The third-order valence-corrected chi connectivity index (χ3v) is 5.00. The lowest BCUT2D eigenvalue weighted by molar-refractivity contribution is -0.120. The average Bonchev–Trinajstić information content (AvgIpc) is 2.75. The van der Waals surface area contributed by atoms with Crippen LogP contribution in [0.1, 0.15) is 24.2 Å². The summed E-state index contributed by atoms with van der Waals surface area (Å²) in [4.78, 5) is 18.6. The first-order valence-corrected chi connectivity index (χ1v) is 10.2. The number of aliphatic imine (C=N–C) groups is 1. The predicted octanol–water partition coefficient (Wildman–Crippen LogP) is 3.14. The molecule has 2 unspecified atom stereocenters. The fourth-order valence-electron chi connectivity index (χ4n) is 3.53. The van der Waals surface area contributed by atoms with Crippen molar-refractivity contribution in [1.82, 2.24) is 15.5 Å². The number of nitrogens with zero attached hydrogens (tertiary/aromatic N) is 2. The summed E-state index contributed by atoms with van der Waals surface area (Å²) in [5.41, 5.74) is 2.11. The zero-order chi connectivity index (χ0) is 21.3. The number of hydrogen-bond acceptors (Lipinski definition) is 3. The molecule has 0 bridgehead atoms. The molecule has 0 spiro atoms. The van der Waals surface area contributed by atoms with E-state index in [4.69, 9.17) is 4.74 Å². The first-order chi connectivity index (χ1) is 14.5. The van der Waals surface area contributed by atoms with Gasteiger partial charge in [-0.15, -0.1) is 24.0 Å². The van der Waals surface area contributed by atoms with Crippen molar-refractivity contribution in [2.75, 3.05) is 33.2 Å². The van der Waals surface area contributed by atoms with Crippen molar-refractivity contribution in [2.24, 2.45) is 4.99 Å². The minimum absolute atomic E-state index is 0. The van der Waals surface area contributed by atoms with E-state index in [1.54, 1.807) is 19.2 Å². The number of amides is 1.